The van der Waals surface area contributed by atoms with Gasteiger partial charge in [-0.25, -0.2) is 4.98 Å². The predicted octanol–water partition coefficient (Wildman–Crippen LogP) is 1.86. The van der Waals surface area contributed by atoms with Crippen LogP contribution in [0.3, 0.4) is 0 Å². The Bertz CT molecular complexity index is 410. The highest BCUT2D eigenvalue weighted by atomic mass is 16.5. The second kappa shape index (κ2) is 7.09. The number of nitrogens with zero attached hydrogens (tertiary/aromatic N) is 2. The molecule has 0 saturated carbocycles. The van der Waals surface area contributed by atoms with E-state index < -0.39 is 0 Å². The number of nitrogens with two attached hydrogens (primary N) is 1. The van der Waals surface area contributed by atoms with Crippen LogP contribution in [0.4, 0.5) is 0 Å². The van der Waals surface area contributed by atoms with Gasteiger partial charge in [-0.3, -0.25) is 10.3 Å². The lowest BCUT2D eigenvalue weighted by Crippen LogP contribution is -2.39. The average Bonchev–Trinajstić information content (AvgIpc) is 2.33. The van der Waals surface area contributed by atoms with Crippen LogP contribution in [0.5, 0.6) is 5.88 Å². The van der Waals surface area contributed by atoms with Gasteiger partial charge in [-0.05, 0) is 39.8 Å². The van der Waals surface area contributed by atoms with Crippen LogP contribution in [0.15, 0.2) is 18.3 Å². The molecule has 0 aliphatic rings. The van der Waals surface area contributed by atoms with Gasteiger partial charge in [0.25, 0.3) is 0 Å². The molecule has 5 heteroatoms. The molecule has 19 heavy (non-hydrogen) atoms. The van der Waals surface area contributed by atoms with Crippen LogP contribution in [0, 0.1) is 5.41 Å². The zero-order valence-corrected chi connectivity index (χ0v) is 12.2. The van der Waals surface area contributed by atoms with Crippen molar-refractivity contribution in [2.45, 2.75) is 39.8 Å². The SMILES string of the molecule is CC(C)N(CCOc1ncccc1C(=N)N)C(C)C. The number of nitrogens with one attached hydrogen (secondary N) is 1. The Hall–Kier alpha value is -1.62. The maximum Gasteiger partial charge on any atom is 0.224 e. The number of hydrogen-bond acceptors (Lipinski definition) is 4. The molecule has 1 aromatic heterocycles. The van der Waals surface area contributed by atoms with Gasteiger partial charge in [-0.2, -0.15) is 0 Å². The standard InChI is InChI=1S/C14H24N4O/c1-10(2)18(11(3)4)8-9-19-14-12(13(15)16)6-5-7-17-14/h5-7,10-11H,8-9H2,1-4H3,(H3,15,16). The largest absolute Gasteiger partial charge is 0.476 e. The van der Waals surface area contributed by atoms with Crippen LogP contribution in [0.25, 0.3) is 0 Å². The first kappa shape index (κ1) is 15.4. The van der Waals surface area contributed by atoms with E-state index in [0.29, 0.717) is 30.1 Å². The first-order valence-corrected chi connectivity index (χ1v) is 6.61. The zero-order valence-electron chi connectivity index (χ0n) is 12.2. The summed E-state index contributed by atoms with van der Waals surface area (Å²) >= 11 is 0. The molecule has 1 heterocycles. The van der Waals surface area contributed by atoms with Gasteiger partial charge in [0.2, 0.25) is 5.88 Å². The van der Waals surface area contributed by atoms with Gasteiger partial charge < -0.3 is 10.5 Å². The van der Waals surface area contributed by atoms with E-state index in [2.05, 4.69) is 37.6 Å². The number of rotatable bonds is 7. The van der Waals surface area contributed by atoms with E-state index in [0.717, 1.165) is 6.54 Å². The minimum Gasteiger partial charge on any atom is -0.476 e. The Morgan fingerprint density at radius 3 is 2.53 bits per heavy atom. The number of nitrogen functional groups attached to an aromatic ring is 1. The van der Waals surface area contributed by atoms with Crippen molar-refractivity contribution < 1.29 is 4.74 Å². The average molecular weight is 264 g/mol. The molecule has 106 valence electrons. The van der Waals surface area contributed by atoms with Crippen LogP contribution in [0.2, 0.25) is 0 Å². The zero-order chi connectivity index (χ0) is 14.4. The van der Waals surface area contributed by atoms with Crippen molar-refractivity contribution in [2.75, 3.05) is 13.2 Å². The number of ether oxygens (including phenoxy) is 1. The van der Waals surface area contributed by atoms with Crippen molar-refractivity contribution in [1.82, 2.24) is 9.88 Å². The molecule has 0 bridgehead atoms. The first-order chi connectivity index (χ1) is 8.93. The highest BCUT2D eigenvalue weighted by Gasteiger charge is 2.14. The lowest BCUT2D eigenvalue weighted by Gasteiger charge is -2.30. The molecular formula is C14H24N4O. The van der Waals surface area contributed by atoms with E-state index >= 15 is 0 Å². The maximum absolute atomic E-state index is 7.48. The molecule has 3 N–H and O–H groups in total. The molecule has 1 rings (SSSR count). The molecule has 0 aromatic carbocycles. The summed E-state index contributed by atoms with van der Waals surface area (Å²) in [6.45, 7) is 10.0. The van der Waals surface area contributed by atoms with Crippen LogP contribution in [-0.2, 0) is 0 Å². The van der Waals surface area contributed by atoms with Gasteiger partial charge >= 0.3 is 0 Å². The molecule has 0 unspecified atom stereocenters. The van der Waals surface area contributed by atoms with Crippen molar-refractivity contribution in [3.05, 3.63) is 23.9 Å². The highest BCUT2D eigenvalue weighted by molar-refractivity contribution is 5.96. The molecule has 0 aliphatic carbocycles. The Labute approximate surface area is 115 Å². The quantitative estimate of drug-likeness (QED) is 0.582. The topological polar surface area (TPSA) is 75.2 Å². The van der Waals surface area contributed by atoms with Gasteiger partial charge in [-0.1, -0.05) is 0 Å². The summed E-state index contributed by atoms with van der Waals surface area (Å²) < 4.78 is 5.66. The normalized spacial score (nSPS) is 11.3. The number of pyridine rings is 1. The lowest BCUT2D eigenvalue weighted by atomic mass is 10.2. The van der Waals surface area contributed by atoms with E-state index in [1.807, 2.05) is 0 Å². The van der Waals surface area contributed by atoms with Gasteiger partial charge in [0.15, 0.2) is 0 Å². The Balaban J connectivity index is 2.60. The summed E-state index contributed by atoms with van der Waals surface area (Å²) in [4.78, 5) is 6.47. The number of aromatic nitrogens is 1. The number of hydrogen-bond donors (Lipinski definition) is 2. The second-order valence-corrected chi connectivity index (χ2v) is 5.04. The van der Waals surface area contributed by atoms with Crippen LogP contribution in [0.1, 0.15) is 33.3 Å². The summed E-state index contributed by atoms with van der Waals surface area (Å²) in [6, 6.07) is 4.44. The summed E-state index contributed by atoms with van der Waals surface area (Å²) in [5, 5.41) is 7.48. The summed E-state index contributed by atoms with van der Waals surface area (Å²) in [7, 11) is 0. The molecule has 1 aromatic rings. The molecular weight excluding hydrogens is 240 g/mol. The van der Waals surface area contributed by atoms with Crippen molar-refractivity contribution in [3.63, 3.8) is 0 Å². The molecule has 0 radical (unpaired) electrons. The van der Waals surface area contributed by atoms with Gasteiger partial charge in [0.05, 0.1) is 5.56 Å². The predicted molar refractivity (Wildman–Crippen MR) is 77.7 cm³/mol. The van der Waals surface area contributed by atoms with E-state index in [1.165, 1.54) is 0 Å². The third kappa shape index (κ3) is 4.52. The van der Waals surface area contributed by atoms with Crippen LogP contribution < -0.4 is 10.5 Å². The molecule has 0 spiro atoms. The summed E-state index contributed by atoms with van der Waals surface area (Å²) in [5.74, 6) is 0.412. The van der Waals surface area contributed by atoms with E-state index in [4.69, 9.17) is 15.9 Å². The fourth-order valence-electron chi connectivity index (χ4n) is 2.07. The minimum absolute atomic E-state index is 0.0207. The molecule has 0 fully saturated rings. The van der Waals surface area contributed by atoms with Crippen LogP contribution in [-0.4, -0.2) is 41.0 Å². The summed E-state index contributed by atoms with van der Waals surface area (Å²) in [5.41, 5.74) is 6.04. The summed E-state index contributed by atoms with van der Waals surface area (Å²) in [6.07, 6.45) is 1.64. The van der Waals surface area contributed by atoms with Gasteiger partial charge in [0, 0.05) is 24.8 Å². The third-order valence-electron chi connectivity index (χ3n) is 2.98. The Morgan fingerprint density at radius 2 is 2.00 bits per heavy atom. The fourth-order valence-corrected chi connectivity index (χ4v) is 2.07. The Kier molecular flexibility index (Phi) is 5.76. The molecule has 0 aliphatic heterocycles. The van der Waals surface area contributed by atoms with Crippen molar-refractivity contribution in [2.24, 2.45) is 5.73 Å². The van der Waals surface area contributed by atoms with Crippen molar-refractivity contribution >= 4 is 5.84 Å². The third-order valence-corrected chi connectivity index (χ3v) is 2.98. The second-order valence-electron chi connectivity index (χ2n) is 5.04. The van der Waals surface area contributed by atoms with E-state index in [-0.39, 0.29) is 5.84 Å². The maximum atomic E-state index is 7.48. The lowest BCUT2D eigenvalue weighted by molar-refractivity contribution is 0.140. The molecule has 0 saturated heterocycles. The van der Waals surface area contributed by atoms with Gasteiger partial charge in [0.1, 0.15) is 12.4 Å². The number of amidine groups is 1. The van der Waals surface area contributed by atoms with Crippen molar-refractivity contribution in [3.8, 4) is 5.88 Å². The highest BCUT2D eigenvalue weighted by Crippen LogP contribution is 2.13. The molecule has 0 atom stereocenters. The van der Waals surface area contributed by atoms with Crippen LogP contribution >= 0.6 is 0 Å². The molecule has 0 amide bonds. The Morgan fingerprint density at radius 1 is 1.37 bits per heavy atom. The fraction of sp³-hybridized carbons (Fsp3) is 0.571. The minimum atomic E-state index is -0.0207. The smallest absolute Gasteiger partial charge is 0.224 e. The van der Waals surface area contributed by atoms with Crippen molar-refractivity contribution in [1.29, 1.82) is 5.41 Å². The van der Waals surface area contributed by atoms with E-state index in [1.54, 1.807) is 18.3 Å². The van der Waals surface area contributed by atoms with Gasteiger partial charge in [-0.15, -0.1) is 0 Å². The van der Waals surface area contributed by atoms with E-state index in [9.17, 15) is 0 Å². The first-order valence-electron chi connectivity index (χ1n) is 6.61. The monoisotopic (exact) mass is 264 g/mol. The molecule has 5 nitrogen and oxygen atoms in total.